The Morgan fingerprint density at radius 2 is 1.96 bits per heavy atom. The Labute approximate surface area is 154 Å². The summed E-state index contributed by atoms with van der Waals surface area (Å²) in [6.07, 6.45) is 3.61. The standard InChI is InChI=1S/C18H26N2O5S/c1-2-3-11-15(18(22)23)19-17(21)16-12-7-8-13-20(16)26(24,25)14-9-5-4-6-10-14/h4-6,9-10,15-16H,2-3,7-8,11-13H2,1H3,(H,19,21)(H,22,23)/t15-,16?/m0/s1. The molecule has 0 radical (unpaired) electrons. The average molecular weight is 382 g/mol. The van der Waals surface area contributed by atoms with Crippen molar-refractivity contribution >= 4 is 21.9 Å². The quantitative estimate of drug-likeness (QED) is 0.716. The summed E-state index contributed by atoms with van der Waals surface area (Å²) in [7, 11) is -3.80. The topological polar surface area (TPSA) is 104 Å². The maximum Gasteiger partial charge on any atom is 0.326 e. The number of carbonyl (C=O) groups excluding carboxylic acids is 1. The summed E-state index contributed by atoms with van der Waals surface area (Å²) in [5.41, 5.74) is 0. The van der Waals surface area contributed by atoms with Crippen LogP contribution in [-0.4, -0.2) is 48.3 Å². The van der Waals surface area contributed by atoms with Crippen molar-refractivity contribution in [1.82, 2.24) is 9.62 Å². The maximum atomic E-state index is 12.9. The molecule has 2 N–H and O–H groups in total. The second-order valence-electron chi connectivity index (χ2n) is 6.48. The molecule has 0 aliphatic carbocycles. The highest BCUT2D eigenvalue weighted by atomic mass is 32.2. The van der Waals surface area contributed by atoms with E-state index in [1.54, 1.807) is 18.2 Å². The van der Waals surface area contributed by atoms with E-state index < -0.39 is 34.0 Å². The SMILES string of the molecule is CCCC[C@H](NC(=O)C1CCCCN1S(=O)(=O)c1ccccc1)C(=O)O. The van der Waals surface area contributed by atoms with E-state index in [-0.39, 0.29) is 11.4 Å². The minimum absolute atomic E-state index is 0.139. The van der Waals surface area contributed by atoms with Crippen molar-refractivity contribution in [3.63, 3.8) is 0 Å². The summed E-state index contributed by atoms with van der Waals surface area (Å²) in [5, 5.41) is 11.8. The van der Waals surface area contributed by atoms with E-state index in [0.29, 0.717) is 25.7 Å². The second-order valence-corrected chi connectivity index (χ2v) is 8.37. The molecule has 144 valence electrons. The van der Waals surface area contributed by atoms with Crippen LogP contribution in [0.2, 0.25) is 0 Å². The van der Waals surface area contributed by atoms with Gasteiger partial charge in [-0.3, -0.25) is 4.79 Å². The van der Waals surface area contributed by atoms with Gasteiger partial charge in [0.05, 0.1) is 4.90 Å². The summed E-state index contributed by atoms with van der Waals surface area (Å²) in [5.74, 6) is -1.63. The second kappa shape index (κ2) is 9.14. The van der Waals surface area contributed by atoms with Crippen LogP contribution in [0.25, 0.3) is 0 Å². The third-order valence-electron chi connectivity index (χ3n) is 4.57. The van der Waals surface area contributed by atoms with Gasteiger partial charge in [0.25, 0.3) is 0 Å². The summed E-state index contributed by atoms with van der Waals surface area (Å²) >= 11 is 0. The van der Waals surface area contributed by atoms with Gasteiger partial charge >= 0.3 is 5.97 Å². The Morgan fingerprint density at radius 3 is 2.58 bits per heavy atom. The Morgan fingerprint density at radius 1 is 1.27 bits per heavy atom. The molecule has 1 aliphatic rings. The van der Waals surface area contributed by atoms with Crippen LogP contribution >= 0.6 is 0 Å². The van der Waals surface area contributed by atoms with E-state index in [0.717, 1.165) is 12.8 Å². The zero-order valence-electron chi connectivity index (χ0n) is 14.9. The fraction of sp³-hybridized carbons (Fsp3) is 0.556. The molecule has 1 aliphatic heterocycles. The third-order valence-corrected chi connectivity index (χ3v) is 6.49. The lowest BCUT2D eigenvalue weighted by molar-refractivity contribution is -0.142. The van der Waals surface area contributed by atoms with E-state index in [2.05, 4.69) is 5.32 Å². The first-order valence-corrected chi connectivity index (χ1v) is 10.4. The number of nitrogens with one attached hydrogen (secondary N) is 1. The fourth-order valence-electron chi connectivity index (χ4n) is 3.12. The number of hydrogen-bond acceptors (Lipinski definition) is 4. The minimum Gasteiger partial charge on any atom is -0.480 e. The Kier molecular flexibility index (Phi) is 7.16. The van der Waals surface area contributed by atoms with Gasteiger partial charge in [-0.25, -0.2) is 13.2 Å². The first-order chi connectivity index (χ1) is 12.4. The van der Waals surface area contributed by atoms with Crippen LogP contribution in [0.3, 0.4) is 0 Å². The van der Waals surface area contributed by atoms with Gasteiger partial charge < -0.3 is 10.4 Å². The predicted molar refractivity (Wildman–Crippen MR) is 97.1 cm³/mol. The van der Waals surface area contributed by atoms with Gasteiger partial charge in [0, 0.05) is 6.54 Å². The Hall–Kier alpha value is -1.93. The molecule has 0 spiro atoms. The Balaban J connectivity index is 2.20. The number of carbonyl (C=O) groups is 2. The molecule has 2 atom stereocenters. The van der Waals surface area contributed by atoms with Crippen molar-refractivity contribution in [3.05, 3.63) is 30.3 Å². The molecule has 1 heterocycles. The smallest absolute Gasteiger partial charge is 0.326 e. The number of aliphatic carboxylic acids is 1. The van der Waals surface area contributed by atoms with Gasteiger partial charge in [0.2, 0.25) is 15.9 Å². The summed E-state index contributed by atoms with van der Waals surface area (Å²) in [6, 6.07) is 6.13. The molecule has 2 rings (SSSR count). The largest absolute Gasteiger partial charge is 0.480 e. The number of rotatable bonds is 8. The number of carboxylic acids is 1. The van der Waals surface area contributed by atoms with Crippen LogP contribution in [0, 0.1) is 0 Å². The van der Waals surface area contributed by atoms with Crippen molar-refractivity contribution in [2.24, 2.45) is 0 Å². The number of sulfonamides is 1. The molecule has 1 amide bonds. The van der Waals surface area contributed by atoms with E-state index >= 15 is 0 Å². The monoisotopic (exact) mass is 382 g/mol. The molecule has 7 nitrogen and oxygen atoms in total. The number of unbranched alkanes of at least 4 members (excludes halogenated alkanes) is 1. The molecular weight excluding hydrogens is 356 g/mol. The minimum atomic E-state index is -3.80. The molecular formula is C18H26N2O5S. The first kappa shape index (κ1) is 20.4. The zero-order chi connectivity index (χ0) is 19.2. The molecule has 0 aromatic heterocycles. The van der Waals surface area contributed by atoms with Gasteiger partial charge in [-0.2, -0.15) is 4.31 Å². The van der Waals surface area contributed by atoms with Crippen LogP contribution < -0.4 is 5.32 Å². The van der Waals surface area contributed by atoms with Crippen LogP contribution in [0.1, 0.15) is 45.4 Å². The van der Waals surface area contributed by atoms with Crippen LogP contribution in [0.15, 0.2) is 35.2 Å². The van der Waals surface area contributed by atoms with E-state index in [4.69, 9.17) is 0 Å². The van der Waals surface area contributed by atoms with Gasteiger partial charge in [0.1, 0.15) is 12.1 Å². The lowest BCUT2D eigenvalue weighted by Gasteiger charge is -2.34. The summed E-state index contributed by atoms with van der Waals surface area (Å²) < 4.78 is 27.1. The number of amides is 1. The number of piperidine rings is 1. The lowest BCUT2D eigenvalue weighted by Crippen LogP contribution is -2.54. The van der Waals surface area contributed by atoms with Crippen molar-refractivity contribution in [2.45, 2.75) is 62.4 Å². The van der Waals surface area contributed by atoms with Crippen LogP contribution in [0.5, 0.6) is 0 Å². The van der Waals surface area contributed by atoms with Gasteiger partial charge in [-0.15, -0.1) is 0 Å². The molecule has 1 aromatic rings. The number of carboxylic acid groups (broad SMARTS) is 1. The molecule has 0 bridgehead atoms. The predicted octanol–water partition coefficient (Wildman–Crippen LogP) is 1.99. The molecule has 1 fully saturated rings. The average Bonchev–Trinajstić information content (AvgIpc) is 2.65. The molecule has 26 heavy (non-hydrogen) atoms. The Bertz CT molecular complexity index is 720. The summed E-state index contributed by atoms with van der Waals surface area (Å²) in [6.45, 7) is 2.19. The third kappa shape index (κ3) is 4.82. The maximum absolute atomic E-state index is 12.9. The lowest BCUT2D eigenvalue weighted by atomic mass is 10.0. The number of benzene rings is 1. The molecule has 1 aromatic carbocycles. The zero-order valence-corrected chi connectivity index (χ0v) is 15.7. The van der Waals surface area contributed by atoms with Gasteiger partial charge in [0.15, 0.2) is 0 Å². The van der Waals surface area contributed by atoms with E-state index in [9.17, 15) is 23.1 Å². The van der Waals surface area contributed by atoms with Crippen molar-refractivity contribution in [2.75, 3.05) is 6.54 Å². The normalized spacial score (nSPS) is 19.7. The van der Waals surface area contributed by atoms with Crippen LogP contribution in [0.4, 0.5) is 0 Å². The fourth-order valence-corrected chi connectivity index (χ4v) is 4.79. The molecule has 8 heteroatoms. The highest BCUT2D eigenvalue weighted by Crippen LogP contribution is 2.25. The van der Waals surface area contributed by atoms with Crippen molar-refractivity contribution in [3.8, 4) is 0 Å². The van der Waals surface area contributed by atoms with Crippen LogP contribution in [-0.2, 0) is 19.6 Å². The molecule has 1 unspecified atom stereocenters. The van der Waals surface area contributed by atoms with Crippen molar-refractivity contribution < 1.29 is 23.1 Å². The van der Waals surface area contributed by atoms with Gasteiger partial charge in [-0.1, -0.05) is 44.4 Å². The molecule has 1 saturated heterocycles. The number of hydrogen-bond donors (Lipinski definition) is 2. The highest BCUT2D eigenvalue weighted by molar-refractivity contribution is 7.89. The van der Waals surface area contributed by atoms with Crippen molar-refractivity contribution in [1.29, 1.82) is 0 Å². The first-order valence-electron chi connectivity index (χ1n) is 8.98. The number of nitrogens with zero attached hydrogens (tertiary/aromatic N) is 1. The van der Waals surface area contributed by atoms with Gasteiger partial charge in [-0.05, 0) is 31.4 Å². The molecule has 0 saturated carbocycles. The van der Waals surface area contributed by atoms with E-state index in [1.807, 2.05) is 6.92 Å². The van der Waals surface area contributed by atoms with E-state index in [1.165, 1.54) is 16.4 Å². The summed E-state index contributed by atoms with van der Waals surface area (Å²) in [4.78, 5) is 24.2. The highest BCUT2D eigenvalue weighted by Gasteiger charge is 2.38.